The van der Waals surface area contributed by atoms with Gasteiger partial charge in [-0.2, -0.15) is 0 Å². The molecule has 0 spiro atoms. The third-order valence-corrected chi connectivity index (χ3v) is 11.1. The number of piperidine rings is 2. The molecule has 1 aliphatic carbocycles. The summed E-state index contributed by atoms with van der Waals surface area (Å²) >= 11 is 0. The number of carbonyl (C=O) groups is 3. The second-order valence-corrected chi connectivity index (χ2v) is 14.0. The molecular formula is C31H49F2N7O4. The van der Waals surface area contributed by atoms with Crippen LogP contribution < -0.4 is 21.3 Å². The van der Waals surface area contributed by atoms with Crippen molar-refractivity contribution in [3.8, 4) is 0 Å². The Bertz CT molecular complexity index is 1110. The summed E-state index contributed by atoms with van der Waals surface area (Å²) in [6, 6.07) is -2.32. The largest absolute Gasteiger partial charge is 0.366 e. The van der Waals surface area contributed by atoms with Crippen LogP contribution in [0, 0.1) is 17.8 Å². The van der Waals surface area contributed by atoms with Gasteiger partial charge in [-0.3, -0.25) is 19.8 Å². The molecule has 11 unspecified atom stereocenters. The molecular weight excluding hydrogens is 572 g/mol. The number of hydrogen-bond donors (Lipinski definition) is 4. The summed E-state index contributed by atoms with van der Waals surface area (Å²) in [5.74, 6) is -1.44. The molecule has 6 rings (SSSR count). The Labute approximate surface area is 258 Å². The molecule has 246 valence electrons. The number of nitrogens with zero attached hydrogens (tertiary/aromatic N) is 3. The number of carbonyl (C=O) groups excluding carboxylic acids is 3. The van der Waals surface area contributed by atoms with Crippen LogP contribution in [0.2, 0.25) is 0 Å². The van der Waals surface area contributed by atoms with Gasteiger partial charge in [-0.1, -0.05) is 20.4 Å². The fraction of sp³-hybridized carbons (Fsp3) is 0.839. The molecule has 1 saturated carbocycles. The molecule has 44 heavy (non-hydrogen) atoms. The number of halogens is 2. The summed E-state index contributed by atoms with van der Waals surface area (Å²) in [5.41, 5.74) is 0. The Hall–Kier alpha value is -2.35. The first-order valence-electron chi connectivity index (χ1n) is 16.5. The highest BCUT2D eigenvalue weighted by atomic mass is 19.1. The molecule has 12 atom stereocenters. The van der Waals surface area contributed by atoms with Crippen LogP contribution >= 0.6 is 0 Å². The van der Waals surface area contributed by atoms with Gasteiger partial charge in [0, 0.05) is 55.6 Å². The number of urea groups is 1. The first kappa shape index (κ1) is 31.6. The summed E-state index contributed by atoms with van der Waals surface area (Å²) < 4.78 is 38.6. The molecule has 6 fully saturated rings. The van der Waals surface area contributed by atoms with E-state index >= 15 is 8.78 Å². The predicted octanol–water partition coefficient (Wildman–Crippen LogP) is 1.11. The second-order valence-electron chi connectivity index (χ2n) is 14.0. The zero-order chi connectivity index (χ0) is 31.3. The lowest BCUT2D eigenvalue weighted by Gasteiger charge is -2.60. The van der Waals surface area contributed by atoms with Crippen LogP contribution in [0.15, 0.2) is 12.7 Å². The minimum absolute atomic E-state index is 0.0875. The van der Waals surface area contributed by atoms with Gasteiger partial charge in [0.15, 0.2) is 0 Å². The fourth-order valence-corrected chi connectivity index (χ4v) is 9.02. The SMILES string of the molecule is C=CC(=O)N1CCN(C2NC(=O)N3C4NC(C(F)CC42)C2C(F)CCCC2NC(=O)COC2CCNC(C(C)C)C23)[C@H](C)C1. The van der Waals surface area contributed by atoms with Crippen molar-refractivity contribution in [1.29, 1.82) is 0 Å². The van der Waals surface area contributed by atoms with Gasteiger partial charge >= 0.3 is 6.03 Å². The highest BCUT2D eigenvalue weighted by Crippen LogP contribution is 2.42. The lowest BCUT2D eigenvalue weighted by Crippen LogP contribution is -2.81. The van der Waals surface area contributed by atoms with E-state index in [0.717, 1.165) is 0 Å². The average molecular weight is 622 g/mol. The zero-order valence-corrected chi connectivity index (χ0v) is 26.1. The number of alkyl halides is 2. The predicted molar refractivity (Wildman–Crippen MR) is 160 cm³/mol. The van der Waals surface area contributed by atoms with Crippen molar-refractivity contribution >= 4 is 17.8 Å². The summed E-state index contributed by atoms with van der Waals surface area (Å²) in [6.45, 7) is 11.8. The van der Waals surface area contributed by atoms with Crippen molar-refractivity contribution in [2.24, 2.45) is 17.8 Å². The number of rotatable bonds is 3. The molecule has 0 aromatic rings. The minimum Gasteiger partial charge on any atom is -0.366 e. The second kappa shape index (κ2) is 12.8. The van der Waals surface area contributed by atoms with Crippen LogP contribution in [0.1, 0.15) is 52.9 Å². The van der Waals surface area contributed by atoms with E-state index in [0.29, 0.717) is 51.9 Å². The Morgan fingerprint density at radius 3 is 2.61 bits per heavy atom. The van der Waals surface area contributed by atoms with Crippen LogP contribution in [-0.4, -0.2) is 126 Å². The molecule has 13 heteroatoms. The van der Waals surface area contributed by atoms with Gasteiger partial charge in [0.2, 0.25) is 11.8 Å². The Balaban J connectivity index is 1.39. The minimum atomic E-state index is -1.38. The fourth-order valence-electron chi connectivity index (χ4n) is 9.02. The number of hydrogen-bond acceptors (Lipinski definition) is 7. The van der Waals surface area contributed by atoms with E-state index < -0.39 is 54.8 Å². The third kappa shape index (κ3) is 5.73. The molecule has 4 amide bonds. The Kier molecular flexibility index (Phi) is 9.20. The van der Waals surface area contributed by atoms with Gasteiger partial charge in [0.05, 0.1) is 24.5 Å². The van der Waals surface area contributed by atoms with E-state index in [1.807, 2.05) is 6.92 Å². The Morgan fingerprint density at radius 2 is 1.89 bits per heavy atom. The van der Waals surface area contributed by atoms with Crippen LogP contribution in [0.4, 0.5) is 13.6 Å². The quantitative estimate of drug-likeness (QED) is 0.349. The number of fused-ring (bicyclic) bond motifs is 5. The summed E-state index contributed by atoms with van der Waals surface area (Å²) in [7, 11) is 0. The maximum Gasteiger partial charge on any atom is 0.320 e. The maximum atomic E-state index is 16.5. The summed E-state index contributed by atoms with van der Waals surface area (Å²) in [4.78, 5) is 45.5. The molecule has 5 heterocycles. The number of piperazine rings is 1. The zero-order valence-electron chi connectivity index (χ0n) is 26.1. The van der Waals surface area contributed by atoms with Crippen molar-refractivity contribution in [1.82, 2.24) is 36.0 Å². The van der Waals surface area contributed by atoms with Gasteiger partial charge < -0.3 is 30.5 Å². The van der Waals surface area contributed by atoms with Crippen LogP contribution in [0.5, 0.6) is 0 Å². The summed E-state index contributed by atoms with van der Waals surface area (Å²) in [6.07, 6.45) is -0.584. The van der Waals surface area contributed by atoms with Crippen molar-refractivity contribution in [2.45, 2.75) is 114 Å². The van der Waals surface area contributed by atoms with E-state index in [4.69, 9.17) is 4.74 Å². The highest BCUT2D eigenvalue weighted by molar-refractivity contribution is 5.87. The molecule has 11 nitrogen and oxygen atoms in total. The number of ether oxygens (including phenoxy) is 1. The van der Waals surface area contributed by atoms with Gasteiger partial charge in [-0.25, -0.2) is 13.6 Å². The van der Waals surface area contributed by atoms with Gasteiger partial charge in [0.25, 0.3) is 0 Å². The molecule has 2 bridgehead atoms. The third-order valence-electron chi connectivity index (χ3n) is 11.1. The standard InChI is InChI=1S/C31H49F2N7O4/c1-5-24(42)38-11-12-39(17(4)14-38)29-18-13-20(33)27-25-19(32)7-6-8-21(25)35-23(41)15-44-22-9-10-34-26(16(2)3)28(22)40(30(18)36-27)31(43)37-29/h5,16-22,25-30,34,36H,1,6-15H2,2-4H3,(H,35,41)(H,37,43)/t17-,18?,19?,20?,21?,22?,25?,26?,27?,28?,29?,30?/m1/s1. The van der Waals surface area contributed by atoms with Crippen molar-refractivity contribution in [3.63, 3.8) is 0 Å². The molecule has 0 radical (unpaired) electrons. The smallest absolute Gasteiger partial charge is 0.320 e. The van der Waals surface area contributed by atoms with Crippen LogP contribution in [0.3, 0.4) is 0 Å². The van der Waals surface area contributed by atoms with Crippen LogP contribution in [0.25, 0.3) is 0 Å². The van der Waals surface area contributed by atoms with Crippen molar-refractivity contribution in [3.05, 3.63) is 12.7 Å². The first-order valence-corrected chi connectivity index (χ1v) is 16.5. The molecule has 0 aromatic carbocycles. The average Bonchev–Trinajstić information content (AvgIpc) is 2.99. The van der Waals surface area contributed by atoms with Crippen molar-refractivity contribution in [2.75, 3.05) is 32.8 Å². The topological polar surface area (TPSA) is 118 Å². The molecule has 5 saturated heterocycles. The lowest BCUT2D eigenvalue weighted by atomic mass is 9.72. The van der Waals surface area contributed by atoms with E-state index in [9.17, 15) is 14.4 Å². The van der Waals surface area contributed by atoms with Gasteiger partial charge in [0.1, 0.15) is 19.0 Å². The molecule has 5 aliphatic heterocycles. The van der Waals surface area contributed by atoms with E-state index in [1.165, 1.54) is 6.08 Å². The Morgan fingerprint density at radius 1 is 1.09 bits per heavy atom. The molecule has 6 aliphatic rings. The highest BCUT2D eigenvalue weighted by Gasteiger charge is 2.58. The maximum absolute atomic E-state index is 16.5. The van der Waals surface area contributed by atoms with Gasteiger partial charge in [-0.15, -0.1) is 0 Å². The number of amides is 4. The lowest BCUT2D eigenvalue weighted by molar-refractivity contribution is -0.143. The van der Waals surface area contributed by atoms with E-state index in [1.54, 1.807) is 9.80 Å². The number of nitrogens with one attached hydrogen (secondary N) is 4. The normalized spacial score (nSPS) is 43.5. The van der Waals surface area contributed by atoms with Crippen LogP contribution in [-0.2, 0) is 14.3 Å². The molecule has 0 aromatic heterocycles. The van der Waals surface area contributed by atoms with Gasteiger partial charge in [-0.05, 0) is 57.6 Å². The van der Waals surface area contributed by atoms with E-state index in [2.05, 4.69) is 46.6 Å². The first-order chi connectivity index (χ1) is 21.1. The monoisotopic (exact) mass is 621 g/mol. The molecule has 4 N–H and O–H groups in total. The summed E-state index contributed by atoms with van der Waals surface area (Å²) in [5, 5.41) is 13.3. The van der Waals surface area contributed by atoms with Crippen molar-refractivity contribution < 1.29 is 27.9 Å². The van der Waals surface area contributed by atoms with E-state index in [-0.39, 0.29) is 54.8 Å².